The smallest absolute Gasteiger partial charge is 0.220 e. The van der Waals surface area contributed by atoms with Crippen molar-refractivity contribution < 1.29 is 9.53 Å². The second kappa shape index (κ2) is 6.35. The van der Waals surface area contributed by atoms with E-state index in [-0.39, 0.29) is 5.91 Å². The Bertz CT molecular complexity index is 506. The average molecular weight is 289 g/mol. The number of fused-ring (bicyclic) bond motifs is 1. The van der Waals surface area contributed by atoms with Crippen LogP contribution in [0.25, 0.3) is 0 Å². The van der Waals surface area contributed by atoms with E-state index in [9.17, 15) is 4.79 Å². The summed E-state index contributed by atoms with van der Waals surface area (Å²) in [5, 5.41) is 3.12. The molecule has 21 heavy (non-hydrogen) atoms. The van der Waals surface area contributed by atoms with Crippen LogP contribution in [0.2, 0.25) is 0 Å². The van der Waals surface area contributed by atoms with Gasteiger partial charge in [-0.1, -0.05) is 6.07 Å². The van der Waals surface area contributed by atoms with E-state index >= 15 is 0 Å². The number of nitrogen functional groups attached to an aromatic ring is 1. The van der Waals surface area contributed by atoms with E-state index in [1.54, 1.807) is 0 Å². The predicted molar refractivity (Wildman–Crippen MR) is 82.1 cm³/mol. The minimum atomic E-state index is 0.217. The lowest BCUT2D eigenvalue weighted by Gasteiger charge is -2.41. The van der Waals surface area contributed by atoms with Crippen molar-refractivity contribution in [1.82, 2.24) is 10.2 Å². The minimum Gasteiger partial charge on any atom is -0.492 e. The van der Waals surface area contributed by atoms with Crippen LogP contribution in [0.4, 0.5) is 5.69 Å². The fraction of sp³-hybridized carbons (Fsp3) is 0.562. The highest BCUT2D eigenvalue weighted by Gasteiger charge is 2.33. The first-order valence-corrected chi connectivity index (χ1v) is 7.71. The quantitative estimate of drug-likeness (QED) is 0.819. The van der Waals surface area contributed by atoms with Crippen LogP contribution in [0.1, 0.15) is 19.3 Å². The van der Waals surface area contributed by atoms with Crippen molar-refractivity contribution >= 4 is 11.6 Å². The Hall–Kier alpha value is -1.75. The number of carbonyl (C=O) groups is 1. The van der Waals surface area contributed by atoms with Gasteiger partial charge in [0.1, 0.15) is 12.4 Å². The van der Waals surface area contributed by atoms with E-state index in [4.69, 9.17) is 10.5 Å². The Morgan fingerprint density at radius 2 is 2.29 bits per heavy atom. The topological polar surface area (TPSA) is 67.6 Å². The minimum absolute atomic E-state index is 0.217. The number of likely N-dealkylation sites (tertiary alicyclic amines) is 1. The molecule has 0 aliphatic carbocycles. The lowest BCUT2D eigenvalue weighted by molar-refractivity contribution is -0.125. The van der Waals surface area contributed by atoms with Gasteiger partial charge in [0.25, 0.3) is 0 Å². The Labute approximate surface area is 125 Å². The number of nitrogens with one attached hydrogen (secondary N) is 1. The molecule has 2 saturated heterocycles. The van der Waals surface area contributed by atoms with Gasteiger partial charge >= 0.3 is 0 Å². The first-order chi connectivity index (χ1) is 10.2. The van der Waals surface area contributed by atoms with Crippen molar-refractivity contribution in [2.45, 2.75) is 25.3 Å². The van der Waals surface area contributed by atoms with E-state index in [1.165, 1.54) is 0 Å². The highest BCUT2D eigenvalue weighted by Crippen LogP contribution is 2.25. The van der Waals surface area contributed by atoms with Crippen LogP contribution in [-0.4, -0.2) is 43.1 Å². The average Bonchev–Trinajstić information content (AvgIpc) is 2.47. The fourth-order valence-electron chi connectivity index (χ4n) is 3.29. The molecule has 0 saturated carbocycles. The van der Waals surface area contributed by atoms with E-state index < -0.39 is 0 Å². The third kappa shape index (κ3) is 3.67. The van der Waals surface area contributed by atoms with E-state index in [1.807, 2.05) is 24.3 Å². The molecule has 0 spiro atoms. The Morgan fingerprint density at radius 3 is 3.14 bits per heavy atom. The molecule has 2 fully saturated rings. The number of nitrogens with zero attached hydrogens (tertiary/aromatic N) is 1. The van der Waals surface area contributed by atoms with Gasteiger partial charge in [-0.3, -0.25) is 9.69 Å². The van der Waals surface area contributed by atoms with Crippen LogP contribution in [-0.2, 0) is 4.79 Å². The van der Waals surface area contributed by atoms with E-state index in [0.29, 0.717) is 25.0 Å². The van der Waals surface area contributed by atoms with Gasteiger partial charge in [-0.25, -0.2) is 0 Å². The SMILES string of the molecule is Nc1cccc(OCCN2CCC3NC(=O)CCC3C2)c1. The van der Waals surface area contributed by atoms with Gasteiger partial charge in [0.2, 0.25) is 5.91 Å². The predicted octanol–water partition coefficient (Wildman–Crippen LogP) is 1.25. The molecule has 5 nitrogen and oxygen atoms in total. The summed E-state index contributed by atoms with van der Waals surface area (Å²) in [6, 6.07) is 7.93. The number of nitrogens with two attached hydrogens (primary N) is 1. The van der Waals surface area contributed by atoms with Gasteiger partial charge in [0.05, 0.1) is 0 Å². The molecule has 2 unspecified atom stereocenters. The number of anilines is 1. The molecule has 5 heteroatoms. The molecule has 1 amide bonds. The molecule has 3 N–H and O–H groups in total. The molecule has 2 atom stereocenters. The van der Waals surface area contributed by atoms with Crippen LogP contribution in [0.3, 0.4) is 0 Å². The second-order valence-electron chi connectivity index (χ2n) is 5.98. The number of carbonyl (C=O) groups excluding carboxylic acids is 1. The molecule has 0 aromatic heterocycles. The van der Waals surface area contributed by atoms with E-state index in [2.05, 4.69) is 10.2 Å². The van der Waals surface area contributed by atoms with Gasteiger partial charge in [-0.15, -0.1) is 0 Å². The van der Waals surface area contributed by atoms with Crippen molar-refractivity contribution in [2.24, 2.45) is 5.92 Å². The molecule has 0 bridgehead atoms. The number of piperidine rings is 2. The maximum Gasteiger partial charge on any atom is 0.220 e. The van der Waals surface area contributed by atoms with Crippen LogP contribution < -0.4 is 15.8 Å². The largest absolute Gasteiger partial charge is 0.492 e. The third-order valence-corrected chi connectivity index (χ3v) is 4.44. The van der Waals surface area contributed by atoms with E-state index in [0.717, 1.165) is 43.9 Å². The molecule has 2 aliphatic rings. The Balaban J connectivity index is 1.43. The first kappa shape index (κ1) is 14.2. The van der Waals surface area contributed by atoms with Gasteiger partial charge in [0.15, 0.2) is 0 Å². The summed E-state index contributed by atoms with van der Waals surface area (Å²) in [5.41, 5.74) is 6.46. The van der Waals surface area contributed by atoms with Gasteiger partial charge in [0, 0.05) is 43.9 Å². The highest BCUT2D eigenvalue weighted by atomic mass is 16.5. The molecular formula is C16H23N3O2. The zero-order valence-corrected chi connectivity index (χ0v) is 12.3. The monoisotopic (exact) mass is 289 g/mol. The standard InChI is InChI=1S/C16H23N3O2/c17-13-2-1-3-14(10-13)21-9-8-19-7-6-15-12(11-19)4-5-16(20)18-15/h1-3,10,12,15H,4-9,11,17H2,(H,18,20). The van der Waals surface area contributed by atoms with Gasteiger partial charge in [-0.2, -0.15) is 0 Å². The first-order valence-electron chi connectivity index (χ1n) is 7.71. The molecule has 1 aromatic rings. The van der Waals surface area contributed by atoms with Crippen LogP contribution in [0.5, 0.6) is 5.75 Å². The highest BCUT2D eigenvalue weighted by molar-refractivity contribution is 5.77. The van der Waals surface area contributed by atoms with Gasteiger partial charge in [-0.05, 0) is 30.9 Å². The Morgan fingerprint density at radius 1 is 1.38 bits per heavy atom. The maximum absolute atomic E-state index is 11.4. The zero-order chi connectivity index (χ0) is 14.7. The molecular weight excluding hydrogens is 266 g/mol. The van der Waals surface area contributed by atoms with Crippen LogP contribution in [0, 0.1) is 5.92 Å². The van der Waals surface area contributed by atoms with Crippen molar-refractivity contribution in [3.8, 4) is 5.75 Å². The molecule has 2 aliphatic heterocycles. The fourth-order valence-corrected chi connectivity index (χ4v) is 3.29. The Kier molecular flexibility index (Phi) is 4.29. The molecule has 0 radical (unpaired) electrons. The molecule has 1 aromatic carbocycles. The normalized spacial score (nSPS) is 26.0. The summed E-state index contributed by atoms with van der Waals surface area (Å²) < 4.78 is 5.75. The molecule has 3 rings (SSSR count). The van der Waals surface area contributed by atoms with Crippen molar-refractivity contribution in [2.75, 3.05) is 32.0 Å². The summed E-state index contributed by atoms with van der Waals surface area (Å²) in [6.45, 7) is 3.69. The second-order valence-corrected chi connectivity index (χ2v) is 5.98. The summed E-state index contributed by atoms with van der Waals surface area (Å²) in [7, 11) is 0. The van der Waals surface area contributed by atoms with Crippen LogP contribution >= 0.6 is 0 Å². The van der Waals surface area contributed by atoms with Crippen LogP contribution in [0.15, 0.2) is 24.3 Å². The number of benzene rings is 1. The van der Waals surface area contributed by atoms with Gasteiger partial charge < -0.3 is 15.8 Å². The van der Waals surface area contributed by atoms with Crippen molar-refractivity contribution in [1.29, 1.82) is 0 Å². The molecule has 114 valence electrons. The molecule has 2 heterocycles. The maximum atomic E-state index is 11.4. The van der Waals surface area contributed by atoms with Crippen molar-refractivity contribution in [3.05, 3.63) is 24.3 Å². The summed E-state index contributed by atoms with van der Waals surface area (Å²) in [5.74, 6) is 1.65. The number of amides is 1. The number of hydrogen-bond donors (Lipinski definition) is 2. The zero-order valence-electron chi connectivity index (χ0n) is 12.3. The lowest BCUT2D eigenvalue weighted by atomic mass is 9.85. The number of rotatable bonds is 4. The lowest BCUT2D eigenvalue weighted by Crippen LogP contribution is -2.54. The summed E-state index contributed by atoms with van der Waals surface area (Å²) in [4.78, 5) is 13.8. The summed E-state index contributed by atoms with van der Waals surface area (Å²) >= 11 is 0. The van der Waals surface area contributed by atoms with Crippen molar-refractivity contribution in [3.63, 3.8) is 0 Å². The number of ether oxygens (including phenoxy) is 1. The third-order valence-electron chi connectivity index (χ3n) is 4.44. The summed E-state index contributed by atoms with van der Waals surface area (Å²) in [6.07, 6.45) is 2.74. The number of hydrogen-bond acceptors (Lipinski definition) is 4.